The standard InChI is InChI=1S/C30H42N4O8/c1-21-28(32-33-34(21)25-20-23(37-5)8-10-27(25)38-6)29(36)31-24-19-22(30(2,3)4)7-9-26(24)42-18-17-41-16-15-40-14-13-39-12-11-35/h7-10,19-20,35H,11-18H2,1-6H3,(H,31,36). The summed E-state index contributed by atoms with van der Waals surface area (Å²) in [5.74, 6) is 1.27. The van der Waals surface area contributed by atoms with Gasteiger partial charge in [-0.2, -0.15) is 0 Å². The number of ether oxygens (including phenoxy) is 6. The second-order valence-electron chi connectivity index (χ2n) is 10.3. The number of aromatic nitrogens is 3. The van der Waals surface area contributed by atoms with E-state index in [0.29, 0.717) is 74.0 Å². The molecule has 0 radical (unpaired) electrons. The normalized spacial score (nSPS) is 11.4. The molecule has 230 valence electrons. The van der Waals surface area contributed by atoms with Crippen LogP contribution in [-0.4, -0.2) is 93.1 Å². The lowest BCUT2D eigenvalue weighted by molar-refractivity contribution is 0.00364. The summed E-state index contributed by atoms with van der Waals surface area (Å²) in [7, 11) is 3.14. The van der Waals surface area contributed by atoms with Gasteiger partial charge in [-0.25, -0.2) is 4.68 Å². The molecule has 0 aliphatic rings. The van der Waals surface area contributed by atoms with E-state index < -0.39 is 5.91 Å². The van der Waals surface area contributed by atoms with Crippen LogP contribution in [0.15, 0.2) is 36.4 Å². The van der Waals surface area contributed by atoms with Crippen LogP contribution < -0.4 is 19.5 Å². The third kappa shape index (κ3) is 9.15. The van der Waals surface area contributed by atoms with Crippen LogP contribution in [0.25, 0.3) is 5.69 Å². The van der Waals surface area contributed by atoms with Crippen molar-refractivity contribution in [1.29, 1.82) is 0 Å². The van der Waals surface area contributed by atoms with E-state index in [4.69, 9.17) is 33.5 Å². The molecule has 12 nitrogen and oxygen atoms in total. The molecule has 0 unspecified atom stereocenters. The first-order valence-corrected chi connectivity index (χ1v) is 13.8. The lowest BCUT2D eigenvalue weighted by atomic mass is 9.87. The third-order valence-electron chi connectivity index (χ3n) is 6.28. The molecule has 0 spiro atoms. The maximum absolute atomic E-state index is 13.4. The number of nitrogens with one attached hydrogen (secondary N) is 1. The zero-order valence-electron chi connectivity index (χ0n) is 25.3. The molecule has 42 heavy (non-hydrogen) atoms. The number of carbonyl (C=O) groups is 1. The lowest BCUT2D eigenvalue weighted by Crippen LogP contribution is -2.18. The molecular weight excluding hydrogens is 544 g/mol. The van der Waals surface area contributed by atoms with Crippen molar-refractivity contribution in [2.75, 3.05) is 72.4 Å². The van der Waals surface area contributed by atoms with Crippen LogP contribution in [0.5, 0.6) is 17.2 Å². The first-order valence-electron chi connectivity index (χ1n) is 13.8. The van der Waals surface area contributed by atoms with Crippen molar-refractivity contribution in [1.82, 2.24) is 15.0 Å². The molecule has 2 N–H and O–H groups in total. The fourth-order valence-corrected chi connectivity index (χ4v) is 3.95. The van der Waals surface area contributed by atoms with Crippen molar-refractivity contribution in [2.24, 2.45) is 0 Å². The molecular formula is C30H42N4O8. The monoisotopic (exact) mass is 586 g/mol. The van der Waals surface area contributed by atoms with Crippen molar-refractivity contribution in [3.05, 3.63) is 53.3 Å². The molecule has 0 saturated carbocycles. The Morgan fingerprint density at radius 3 is 2.14 bits per heavy atom. The van der Waals surface area contributed by atoms with Gasteiger partial charge in [-0.15, -0.1) is 5.10 Å². The number of aliphatic hydroxyl groups excluding tert-OH is 1. The Balaban J connectivity index is 1.67. The minimum atomic E-state index is -0.423. The number of hydrogen-bond donors (Lipinski definition) is 2. The van der Waals surface area contributed by atoms with Crippen LogP contribution in [0.3, 0.4) is 0 Å². The summed E-state index contributed by atoms with van der Waals surface area (Å²) in [5.41, 5.74) is 2.70. The van der Waals surface area contributed by atoms with Crippen LogP contribution >= 0.6 is 0 Å². The molecule has 0 bridgehead atoms. The quantitative estimate of drug-likeness (QED) is 0.226. The van der Waals surface area contributed by atoms with Crippen molar-refractivity contribution in [2.45, 2.75) is 33.1 Å². The number of carbonyl (C=O) groups excluding carboxylic acids is 1. The zero-order chi connectivity index (χ0) is 30.5. The fraction of sp³-hybridized carbons (Fsp3) is 0.500. The van der Waals surface area contributed by atoms with E-state index in [1.807, 2.05) is 18.2 Å². The summed E-state index contributed by atoms with van der Waals surface area (Å²) in [6.45, 7) is 10.7. The van der Waals surface area contributed by atoms with Gasteiger partial charge in [0.2, 0.25) is 0 Å². The molecule has 0 aliphatic carbocycles. The molecule has 0 fully saturated rings. The van der Waals surface area contributed by atoms with E-state index in [1.54, 1.807) is 44.0 Å². The van der Waals surface area contributed by atoms with E-state index >= 15 is 0 Å². The first kappa shape index (κ1) is 32.8. The van der Waals surface area contributed by atoms with Crippen molar-refractivity contribution >= 4 is 11.6 Å². The topological polar surface area (TPSA) is 135 Å². The lowest BCUT2D eigenvalue weighted by Gasteiger charge is -2.21. The average Bonchev–Trinajstić information content (AvgIpc) is 3.36. The van der Waals surface area contributed by atoms with Crippen molar-refractivity contribution < 1.29 is 38.3 Å². The summed E-state index contributed by atoms with van der Waals surface area (Å²) in [5, 5.41) is 20.0. The van der Waals surface area contributed by atoms with Gasteiger partial charge in [-0.3, -0.25) is 4.79 Å². The van der Waals surface area contributed by atoms with Gasteiger partial charge in [0, 0.05) is 6.07 Å². The Morgan fingerprint density at radius 1 is 0.881 bits per heavy atom. The van der Waals surface area contributed by atoms with E-state index in [1.165, 1.54) is 0 Å². The fourth-order valence-electron chi connectivity index (χ4n) is 3.95. The Morgan fingerprint density at radius 2 is 1.52 bits per heavy atom. The molecule has 1 heterocycles. The predicted molar refractivity (Wildman–Crippen MR) is 157 cm³/mol. The number of nitrogens with zero attached hydrogens (tertiary/aromatic N) is 3. The van der Waals surface area contributed by atoms with Gasteiger partial charge in [0.05, 0.1) is 71.8 Å². The van der Waals surface area contributed by atoms with Crippen LogP contribution in [0.2, 0.25) is 0 Å². The molecule has 0 aliphatic heterocycles. The predicted octanol–water partition coefficient (Wildman–Crippen LogP) is 3.56. The highest BCUT2D eigenvalue weighted by molar-refractivity contribution is 6.04. The largest absolute Gasteiger partial charge is 0.497 e. The number of hydrogen-bond acceptors (Lipinski definition) is 10. The second kappa shape index (κ2) is 16.1. The number of anilines is 1. The van der Waals surface area contributed by atoms with Gasteiger partial charge in [0.25, 0.3) is 5.91 Å². The van der Waals surface area contributed by atoms with Gasteiger partial charge in [-0.05, 0) is 42.2 Å². The molecule has 1 aromatic heterocycles. The Bertz CT molecular complexity index is 1290. The first-order chi connectivity index (χ1) is 20.2. The van der Waals surface area contributed by atoms with Crippen LogP contribution in [-0.2, 0) is 19.6 Å². The SMILES string of the molecule is COc1ccc(OC)c(-n2nnc(C(=O)Nc3cc(C(C)(C)C)ccc3OCCOCCOCCOCCO)c2C)c1. The number of aliphatic hydroxyl groups is 1. The third-order valence-corrected chi connectivity index (χ3v) is 6.28. The van der Waals surface area contributed by atoms with Crippen LogP contribution in [0.4, 0.5) is 5.69 Å². The molecule has 0 saturated heterocycles. The number of benzene rings is 2. The zero-order valence-corrected chi connectivity index (χ0v) is 25.3. The maximum Gasteiger partial charge on any atom is 0.278 e. The van der Waals surface area contributed by atoms with E-state index in [2.05, 4.69) is 36.4 Å². The molecule has 12 heteroatoms. The average molecular weight is 587 g/mol. The number of methoxy groups -OCH3 is 2. The highest BCUT2D eigenvalue weighted by Gasteiger charge is 2.22. The number of rotatable bonds is 17. The van der Waals surface area contributed by atoms with E-state index in [-0.39, 0.29) is 24.3 Å². The summed E-state index contributed by atoms with van der Waals surface area (Å²) in [6, 6.07) is 11.0. The van der Waals surface area contributed by atoms with Gasteiger partial charge in [-0.1, -0.05) is 32.1 Å². The summed E-state index contributed by atoms with van der Waals surface area (Å²) < 4.78 is 34.5. The molecule has 3 rings (SSSR count). The minimum Gasteiger partial charge on any atom is -0.497 e. The minimum absolute atomic E-state index is 0.00536. The van der Waals surface area contributed by atoms with E-state index in [0.717, 1.165) is 5.56 Å². The number of amides is 1. The Labute approximate surface area is 246 Å². The summed E-state index contributed by atoms with van der Waals surface area (Å²) in [4.78, 5) is 13.4. The van der Waals surface area contributed by atoms with Crippen molar-refractivity contribution in [3.63, 3.8) is 0 Å². The van der Waals surface area contributed by atoms with E-state index in [9.17, 15) is 4.79 Å². The van der Waals surface area contributed by atoms with Gasteiger partial charge < -0.3 is 38.8 Å². The maximum atomic E-state index is 13.4. The molecule has 0 atom stereocenters. The Kier molecular flexibility index (Phi) is 12.5. The summed E-state index contributed by atoms with van der Waals surface area (Å²) in [6.07, 6.45) is 0. The Hall–Kier alpha value is -3.71. The second-order valence-corrected chi connectivity index (χ2v) is 10.3. The molecule has 3 aromatic rings. The van der Waals surface area contributed by atoms with Gasteiger partial charge >= 0.3 is 0 Å². The molecule has 2 aromatic carbocycles. The highest BCUT2D eigenvalue weighted by Crippen LogP contribution is 2.33. The van der Waals surface area contributed by atoms with Crippen LogP contribution in [0.1, 0.15) is 42.5 Å². The molecule has 1 amide bonds. The smallest absolute Gasteiger partial charge is 0.278 e. The van der Waals surface area contributed by atoms with Crippen LogP contribution in [0, 0.1) is 6.92 Å². The highest BCUT2D eigenvalue weighted by atomic mass is 16.6. The van der Waals surface area contributed by atoms with Gasteiger partial charge in [0.1, 0.15) is 29.5 Å². The van der Waals surface area contributed by atoms with Gasteiger partial charge in [0.15, 0.2) is 5.69 Å². The van der Waals surface area contributed by atoms with Crippen molar-refractivity contribution in [3.8, 4) is 22.9 Å². The summed E-state index contributed by atoms with van der Waals surface area (Å²) >= 11 is 0.